The summed E-state index contributed by atoms with van der Waals surface area (Å²) >= 11 is 8.65. The molecule has 0 aliphatic heterocycles. The van der Waals surface area contributed by atoms with E-state index in [0.29, 0.717) is 0 Å². The van der Waals surface area contributed by atoms with Crippen LogP contribution in [0.25, 0.3) is 0 Å². The van der Waals surface area contributed by atoms with Crippen LogP contribution in [0.15, 0.2) is 13.2 Å². The number of hydrogen-bond donors (Lipinski definition) is 6. The highest BCUT2D eigenvalue weighted by atomic mass is 32.1. The van der Waals surface area contributed by atoms with Crippen LogP contribution in [0.1, 0.15) is 0 Å². The van der Waals surface area contributed by atoms with Crippen LogP contribution in [-0.4, -0.2) is 31.2 Å². The molecule has 0 aliphatic carbocycles. The Morgan fingerprint density at radius 2 is 0.611 bits per heavy atom. The second kappa shape index (κ2) is 52.6. The topological polar surface area (TPSA) is 112 Å². The predicted molar refractivity (Wildman–Crippen MR) is 104 cm³/mol. The highest BCUT2D eigenvalue weighted by molar-refractivity contribution is 7.96. The minimum absolute atomic E-state index is 0. The highest BCUT2D eigenvalue weighted by Crippen LogP contribution is 1.66. The van der Waals surface area contributed by atoms with E-state index in [1.165, 1.54) is 0 Å². The number of hydrogen-bond acceptors (Lipinski definition) is 3. The van der Waals surface area contributed by atoms with Crippen molar-refractivity contribution < 1.29 is 29.7 Å². The first-order valence-electron chi connectivity index (χ1n) is 2.45. The molecule has 0 spiro atoms. The van der Waals surface area contributed by atoms with E-state index in [0.717, 1.165) is 0 Å². The van der Waals surface area contributed by atoms with Crippen molar-refractivity contribution >= 4 is 108 Å². The van der Waals surface area contributed by atoms with E-state index in [1.54, 1.807) is 0 Å². The van der Waals surface area contributed by atoms with E-state index in [1.807, 2.05) is 0 Å². The lowest BCUT2D eigenvalue weighted by Gasteiger charge is -1.58. The first-order chi connectivity index (χ1) is 6.20. The van der Waals surface area contributed by atoms with Gasteiger partial charge in [0.1, 0.15) is 0 Å². The number of carboxylic acid groups (broad SMARTS) is 3. The summed E-state index contributed by atoms with van der Waals surface area (Å²) in [6.45, 7) is 6.00. The van der Waals surface area contributed by atoms with Gasteiger partial charge in [0, 0.05) is 0 Å². The molecule has 0 aromatic heterocycles. The van der Waals surface area contributed by atoms with E-state index in [2.05, 4.69) is 51.0 Å². The summed E-state index contributed by atoms with van der Waals surface area (Å²) in [5, 5.41) is 18.4. The van der Waals surface area contributed by atoms with Crippen molar-refractivity contribution in [3.05, 3.63) is 13.2 Å². The molecule has 0 aromatic carbocycles. The molecule has 0 radical (unpaired) electrons. The van der Waals surface area contributed by atoms with Crippen molar-refractivity contribution in [2.75, 3.05) is 0 Å². The van der Waals surface area contributed by atoms with Gasteiger partial charge in [0.15, 0.2) is 0 Å². The molecule has 0 saturated heterocycles. The molecular weight excluding hydrogens is 381 g/mol. The fourth-order valence-electron chi connectivity index (χ4n) is 0. The zero-order valence-electron chi connectivity index (χ0n) is 8.82. The minimum Gasteiger partial charge on any atom is -0.473 e. The lowest BCUT2D eigenvalue weighted by Crippen LogP contribution is -1.67. The summed E-state index contributed by atoms with van der Waals surface area (Å²) in [7, 11) is 0. The van der Waals surface area contributed by atoms with Crippen molar-refractivity contribution in [2.45, 2.75) is 0 Å². The summed E-state index contributed by atoms with van der Waals surface area (Å²) in [5.74, 6) is 0. The molecule has 0 bridgehead atoms. The van der Waals surface area contributed by atoms with Crippen LogP contribution in [0.4, 0.5) is 14.4 Å². The van der Waals surface area contributed by atoms with Gasteiger partial charge >= 0.3 is 15.9 Å². The zero-order chi connectivity index (χ0) is 12.7. The molecular formula is C5H18O6S7. The minimum atomic E-state index is -1.14. The third-order valence-corrected chi connectivity index (χ3v) is 0. The molecule has 0 heterocycles. The van der Waals surface area contributed by atoms with Gasteiger partial charge in [-0.25, -0.2) is 14.4 Å². The molecule has 0 rings (SSSR count). The molecule has 116 valence electrons. The fraction of sp³-hybridized carbons (Fsp3) is 0. The van der Waals surface area contributed by atoms with Crippen molar-refractivity contribution in [3.8, 4) is 0 Å². The van der Waals surface area contributed by atoms with Gasteiger partial charge in [-0.2, -0.15) is 54.0 Å². The maximum Gasteiger partial charge on any atom is 0.361 e. The number of carbonyl (C=O) groups is 3. The monoisotopic (exact) mass is 398 g/mol. The van der Waals surface area contributed by atoms with Gasteiger partial charge in [-0.1, -0.05) is 37.9 Å². The smallest absolute Gasteiger partial charge is 0.361 e. The Kier molecular flexibility index (Phi) is 150. The van der Waals surface area contributed by atoms with Gasteiger partial charge in [-0.3, -0.25) is 0 Å². The van der Waals surface area contributed by atoms with Crippen molar-refractivity contribution in [1.29, 1.82) is 0 Å². The quantitative estimate of drug-likeness (QED) is 0.276. The van der Waals surface area contributed by atoms with E-state index in [-0.39, 0.29) is 54.0 Å². The second-order valence-corrected chi connectivity index (χ2v) is 2.00. The van der Waals surface area contributed by atoms with Gasteiger partial charge in [-0.15, -0.1) is 13.2 Å². The molecule has 0 aromatic rings. The SMILES string of the molecule is C=C.O=C(O)S.O=C(O)S.O=C(O)S.S.S.S.S. The Labute approximate surface area is 150 Å². The van der Waals surface area contributed by atoms with Crippen LogP contribution in [0.5, 0.6) is 0 Å². The normalized spacial score (nSPS) is 4.39. The first-order valence-corrected chi connectivity index (χ1v) is 3.80. The van der Waals surface area contributed by atoms with Crippen LogP contribution in [0, 0.1) is 0 Å². The van der Waals surface area contributed by atoms with E-state index in [9.17, 15) is 0 Å². The van der Waals surface area contributed by atoms with Crippen molar-refractivity contribution in [3.63, 3.8) is 0 Å². The lowest BCUT2D eigenvalue weighted by atomic mass is 11.3. The third-order valence-electron chi connectivity index (χ3n) is 0. The molecule has 0 fully saturated rings. The molecule has 0 saturated carbocycles. The number of rotatable bonds is 0. The van der Waals surface area contributed by atoms with Gasteiger partial charge < -0.3 is 15.3 Å². The molecule has 0 amide bonds. The van der Waals surface area contributed by atoms with Crippen molar-refractivity contribution in [1.82, 2.24) is 0 Å². The molecule has 0 aliphatic rings. The summed E-state index contributed by atoms with van der Waals surface area (Å²) in [5.41, 5.74) is 0. The molecule has 18 heavy (non-hydrogen) atoms. The summed E-state index contributed by atoms with van der Waals surface area (Å²) in [6.07, 6.45) is 0. The zero-order valence-corrected chi connectivity index (χ0v) is 15.5. The second-order valence-electron chi connectivity index (χ2n) is 0.848. The van der Waals surface area contributed by atoms with E-state index >= 15 is 0 Å². The summed E-state index contributed by atoms with van der Waals surface area (Å²) < 4.78 is 0. The molecule has 3 N–H and O–H groups in total. The van der Waals surface area contributed by atoms with E-state index < -0.39 is 15.9 Å². The largest absolute Gasteiger partial charge is 0.473 e. The van der Waals surface area contributed by atoms with Crippen molar-refractivity contribution in [2.24, 2.45) is 0 Å². The van der Waals surface area contributed by atoms with Gasteiger partial charge in [0.25, 0.3) is 0 Å². The van der Waals surface area contributed by atoms with Crippen LogP contribution in [0.2, 0.25) is 0 Å². The Morgan fingerprint density at radius 1 is 0.611 bits per heavy atom. The Morgan fingerprint density at radius 3 is 0.611 bits per heavy atom. The summed E-state index contributed by atoms with van der Waals surface area (Å²) in [6, 6.07) is 0. The predicted octanol–water partition coefficient (Wildman–Crippen LogP) is 3.04. The number of thiol groups is 3. The summed E-state index contributed by atoms with van der Waals surface area (Å²) in [4.78, 5) is 26.6. The first kappa shape index (κ1) is 51.3. The Bertz CT molecular complexity index is 137. The lowest BCUT2D eigenvalue weighted by molar-refractivity contribution is 0.221. The third kappa shape index (κ3) is 11200. The molecule has 0 atom stereocenters. The van der Waals surface area contributed by atoms with Crippen LogP contribution in [0.3, 0.4) is 0 Å². The van der Waals surface area contributed by atoms with Gasteiger partial charge in [0.05, 0.1) is 0 Å². The standard InChI is InChI=1S/C2H4.3CH2O2S.4H2S/c1-2;3*2-1(3)4;;;;/h1-2H2;3*4H,(H,2,3);4*1H2. The van der Waals surface area contributed by atoms with Gasteiger partial charge in [0.2, 0.25) is 0 Å². The highest BCUT2D eigenvalue weighted by Gasteiger charge is 1.68. The average molecular weight is 399 g/mol. The maximum atomic E-state index is 8.86. The molecule has 0 unspecified atom stereocenters. The molecule has 6 nitrogen and oxygen atoms in total. The van der Waals surface area contributed by atoms with Gasteiger partial charge in [-0.05, 0) is 0 Å². The maximum absolute atomic E-state index is 8.86. The van der Waals surface area contributed by atoms with E-state index in [4.69, 9.17) is 29.7 Å². The van der Waals surface area contributed by atoms with Crippen LogP contribution >= 0.6 is 91.9 Å². The van der Waals surface area contributed by atoms with Crippen LogP contribution in [-0.2, 0) is 0 Å². The van der Waals surface area contributed by atoms with Crippen LogP contribution < -0.4 is 0 Å². The Hall–Kier alpha value is 0.600. The average Bonchev–Trinajstić information content (AvgIpc) is 1.86. The molecule has 13 heteroatoms. The fourth-order valence-corrected chi connectivity index (χ4v) is 0. The Balaban J connectivity index is -0.0000000118.